The monoisotopic (exact) mass is 280 g/mol. The van der Waals surface area contributed by atoms with Gasteiger partial charge in [-0.1, -0.05) is 51.1 Å². The fraction of sp³-hybridized carbons (Fsp3) is 0.385. The van der Waals surface area contributed by atoms with Crippen LogP contribution < -0.4 is 69.3 Å². The van der Waals surface area contributed by atoms with Gasteiger partial charge in [-0.25, -0.2) is 0 Å². The quantitative estimate of drug-likeness (QED) is 0.407. The van der Waals surface area contributed by atoms with Gasteiger partial charge in [0.05, 0.1) is 17.4 Å². The molecule has 6 heteroatoms. The van der Waals surface area contributed by atoms with Crippen LogP contribution in [-0.4, -0.2) is 11.9 Å². The van der Waals surface area contributed by atoms with Gasteiger partial charge in [0.1, 0.15) is 0 Å². The molecule has 0 aliphatic carbocycles. The van der Waals surface area contributed by atoms with Gasteiger partial charge in [-0.2, -0.15) is 0 Å². The zero-order chi connectivity index (χ0) is 13.3. The minimum Gasteiger partial charge on any atom is -0.549 e. The van der Waals surface area contributed by atoms with E-state index in [9.17, 15) is 19.8 Å². The molecule has 0 fully saturated rings. The molecule has 0 aliphatic rings. The van der Waals surface area contributed by atoms with Gasteiger partial charge in [-0.05, 0) is 11.0 Å². The Hall–Kier alpha value is 0.160. The molecule has 0 amide bonds. The van der Waals surface area contributed by atoms with Crippen molar-refractivity contribution in [3.63, 3.8) is 0 Å². The zero-order valence-corrected chi connectivity index (χ0v) is 16.0. The first-order valence-corrected chi connectivity index (χ1v) is 5.23. The second-order valence-corrected chi connectivity index (χ2v) is 4.94. The van der Waals surface area contributed by atoms with Crippen molar-refractivity contribution in [1.82, 2.24) is 0 Å². The summed E-state index contributed by atoms with van der Waals surface area (Å²) in [6, 6.07) is 7.76. The van der Waals surface area contributed by atoms with Crippen molar-refractivity contribution in [2.45, 2.75) is 26.2 Å². The standard InChI is InChI=1S/C13H16O4.2Na/c1-12(2,3)13(10(14)15,11(16)17)9-7-5-4-6-8-9;;/h4-8H,1-3H3,(H,14,15)(H,16,17);;/q;2*+1/p-2. The smallest absolute Gasteiger partial charge is 0.549 e. The number of hydrogen-bond donors (Lipinski definition) is 0. The average molecular weight is 280 g/mol. The summed E-state index contributed by atoms with van der Waals surface area (Å²) in [5, 5.41) is 22.8. The molecule has 0 atom stereocenters. The number of carboxylic acid groups (broad SMARTS) is 2. The average Bonchev–Trinajstić information content (AvgIpc) is 2.16. The Labute approximate surface area is 157 Å². The van der Waals surface area contributed by atoms with E-state index in [1.807, 2.05) is 0 Å². The summed E-state index contributed by atoms with van der Waals surface area (Å²) in [6.07, 6.45) is 0. The van der Waals surface area contributed by atoms with Crippen LogP contribution in [0.3, 0.4) is 0 Å². The van der Waals surface area contributed by atoms with Gasteiger partial charge in [0.25, 0.3) is 0 Å². The van der Waals surface area contributed by atoms with Gasteiger partial charge in [-0.15, -0.1) is 0 Å². The maximum absolute atomic E-state index is 11.4. The molecule has 0 saturated heterocycles. The van der Waals surface area contributed by atoms with Gasteiger partial charge in [0, 0.05) is 0 Å². The SMILES string of the molecule is CC(C)(C)C(C(=O)[O-])(C(=O)[O-])c1ccccc1.[Na+].[Na+]. The summed E-state index contributed by atoms with van der Waals surface area (Å²) >= 11 is 0. The van der Waals surface area contributed by atoms with E-state index in [2.05, 4.69) is 0 Å². The minimum atomic E-state index is -2.16. The Bertz CT molecular complexity index is 424. The molecule has 19 heavy (non-hydrogen) atoms. The Kier molecular flexibility index (Phi) is 8.82. The summed E-state index contributed by atoms with van der Waals surface area (Å²) in [5.74, 6) is -3.31. The molecule has 0 bridgehead atoms. The molecule has 92 valence electrons. The van der Waals surface area contributed by atoms with Crippen molar-refractivity contribution in [2.24, 2.45) is 5.41 Å². The second kappa shape index (κ2) is 7.81. The van der Waals surface area contributed by atoms with Crippen molar-refractivity contribution in [1.29, 1.82) is 0 Å². The van der Waals surface area contributed by atoms with Gasteiger partial charge in [0.2, 0.25) is 0 Å². The van der Waals surface area contributed by atoms with E-state index >= 15 is 0 Å². The van der Waals surface area contributed by atoms with E-state index in [0.29, 0.717) is 0 Å². The van der Waals surface area contributed by atoms with Gasteiger partial charge < -0.3 is 19.8 Å². The Morgan fingerprint density at radius 1 is 0.895 bits per heavy atom. The minimum absolute atomic E-state index is 0. The van der Waals surface area contributed by atoms with Gasteiger partial charge >= 0.3 is 59.1 Å². The van der Waals surface area contributed by atoms with Crippen LogP contribution in [0.5, 0.6) is 0 Å². The fourth-order valence-electron chi connectivity index (χ4n) is 2.05. The molecule has 1 aromatic rings. The molecule has 0 aromatic heterocycles. The van der Waals surface area contributed by atoms with Crippen molar-refractivity contribution >= 4 is 11.9 Å². The predicted octanol–water partition coefficient (Wildman–Crippen LogP) is -6.52. The molecule has 0 saturated carbocycles. The van der Waals surface area contributed by atoms with E-state index in [1.54, 1.807) is 18.2 Å². The third-order valence-corrected chi connectivity index (χ3v) is 2.94. The van der Waals surface area contributed by atoms with Crippen molar-refractivity contribution in [3.8, 4) is 0 Å². The molecule has 0 radical (unpaired) electrons. The third-order valence-electron chi connectivity index (χ3n) is 2.94. The van der Waals surface area contributed by atoms with E-state index < -0.39 is 22.8 Å². The Balaban J connectivity index is 0. The normalized spacial score (nSPS) is 10.9. The topological polar surface area (TPSA) is 80.3 Å². The molecule has 0 spiro atoms. The number of benzene rings is 1. The number of hydrogen-bond acceptors (Lipinski definition) is 4. The summed E-state index contributed by atoms with van der Waals surface area (Å²) < 4.78 is 0. The Morgan fingerprint density at radius 3 is 1.53 bits per heavy atom. The van der Waals surface area contributed by atoms with E-state index in [4.69, 9.17) is 0 Å². The van der Waals surface area contributed by atoms with E-state index in [-0.39, 0.29) is 64.7 Å². The maximum atomic E-state index is 11.4. The summed E-state index contributed by atoms with van der Waals surface area (Å²) in [7, 11) is 0. The molecule has 1 rings (SSSR count). The van der Waals surface area contributed by atoms with Crippen LogP contribution in [0.4, 0.5) is 0 Å². The first kappa shape index (κ1) is 21.5. The van der Waals surface area contributed by atoms with Gasteiger partial charge in [-0.3, -0.25) is 0 Å². The molecular formula is C13H14Na2O4. The zero-order valence-electron chi connectivity index (χ0n) is 12.0. The Morgan fingerprint density at radius 2 is 1.26 bits per heavy atom. The summed E-state index contributed by atoms with van der Waals surface area (Å²) in [5.41, 5.74) is -3.06. The molecule has 0 unspecified atom stereocenters. The van der Waals surface area contributed by atoms with Crippen molar-refractivity contribution in [2.75, 3.05) is 0 Å². The van der Waals surface area contributed by atoms with Crippen LogP contribution >= 0.6 is 0 Å². The first-order chi connectivity index (χ1) is 7.74. The molecule has 0 aliphatic heterocycles. The largest absolute Gasteiger partial charge is 1.00 e. The molecule has 4 nitrogen and oxygen atoms in total. The number of carboxylic acids is 2. The summed E-state index contributed by atoms with van der Waals surface area (Å²) in [4.78, 5) is 22.8. The first-order valence-electron chi connectivity index (χ1n) is 5.23. The number of carbonyl (C=O) groups is 2. The summed E-state index contributed by atoms with van der Waals surface area (Å²) in [6.45, 7) is 4.60. The van der Waals surface area contributed by atoms with Crippen LogP contribution in [0.15, 0.2) is 30.3 Å². The van der Waals surface area contributed by atoms with Crippen LogP contribution in [0.1, 0.15) is 26.3 Å². The van der Waals surface area contributed by atoms with Crippen LogP contribution in [0.2, 0.25) is 0 Å². The molecule has 0 heterocycles. The molecule has 1 aromatic carbocycles. The van der Waals surface area contributed by atoms with Crippen molar-refractivity contribution in [3.05, 3.63) is 35.9 Å². The number of carbonyl (C=O) groups excluding carboxylic acids is 2. The second-order valence-electron chi connectivity index (χ2n) is 4.94. The van der Waals surface area contributed by atoms with Crippen LogP contribution in [0.25, 0.3) is 0 Å². The molecule has 0 N–H and O–H groups in total. The maximum Gasteiger partial charge on any atom is 1.00 e. The van der Waals surface area contributed by atoms with Crippen LogP contribution in [-0.2, 0) is 15.0 Å². The van der Waals surface area contributed by atoms with E-state index in [0.717, 1.165) is 0 Å². The van der Waals surface area contributed by atoms with Crippen LogP contribution in [0, 0.1) is 5.41 Å². The fourth-order valence-corrected chi connectivity index (χ4v) is 2.05. The third kappa shape index (κ3) is 3.84. The number of aliphatic carboxylic acids is 2. The van der Waals surface area contributed by atoms with E-state index in [1.165, 1.54) is 32.9 Å². The predicted molar refractivity (Wildman–Crippen MR) is 57.6 cm³/mol. The molecular weight excluding hydrogens is 266 g/mol. The van der Waals surface area contributed by atoms with Crippen molar-refractivity contribution < 1.29 is 78.9 Å². The van der Waals surface area contributed by atoms with Gasteiger partial charge in [0.15, 0.2) is 0 Å². The number of rotatable bonds is 3.